The van der Waals surface area contributed by atoms with Crippen LogP contribution in [0.1, 0.15) is 13.3 Å². The lowest BCUT2D eigenvalue weighted by molar-refractivity contribution is -0.0718. The molecule has 0 spiro atoms. The highest BCUT2D eigenvalue weighted by atomic mass is 79.9. The fourth-order valence-corrected chi connectivity index (χ4v) is 3.64. The van der Waals surface area contributed by atoms with E-state index in [-0.39, 0.29) is 12.2 Å². The number of ether oxygens (including phenoxy) is 2. The van der Waals surface area contributed by atoms with Gasteiger partial charge in [0.25, 0.3) is 0 Å². The van der Waals surface area contributed by atoms with Gasteiger partial charge in [-0.25, -0.2) is 0 Å². The van der Waals surface area contributed by atoms with E-state index >= 15 is 0 Å². The molecule has 0 aromatic heterocycles. The molecule has 0 saturated heterocycles. The lowest BCUT2D eigenvalue weighted by Gasteiger charge is -2.40. The van der Waals surface area contributed by atoms with Crippen molar-refractivity contribution in [2.24, 2.45) is 0 Å². The Labute approximate surface area is 132 Å². The fraction of sp³-hybridized carbons (Fsp3) is 0.375. The predicted molar refractivity (Wildman–Crippen MR) is 86.1 cm³/mol. The zero-order valence-electron chi connectivity index (χ0n) is 11.2. The number of benzene rings is 2. The summed E-state index contributed by atoms with van der Waals surface area (Å²) in [7, 11) is 0. The second-order valence-electron chi connectivity index (χ2n) is 4.92. The van der Waals surface area contributed by atoms with Crippen molar-refractivity contribution in [3.8, 4) is 5.75 Å². The summed E-state index contributed by atoms with van der Waals surface area (Å²) in [6.45, 7) is 2.71. The van der Waals surface area contributed by atoms with Crippen LogP contribution in [-0.4, -0.2) is 23.6 Å². The molecule has 106 valence electrons. The van der Waals surface area contributed by atoms with Crippen LogP contribution < -0.4 is 4.74 Å². The van der Waals surface area contributed by atoms with Crippen LogP contribution in [0.5, 0.6) is 5.75 Å². The van der Waals surface area contributed by atoms with E-state index in [0.29, 0.717) is 11.4 Å². The van der Waals surface area contributed by atoms with Gasteiger partial charge in [0.15, 0.2) is 0 Å². The van der Waals surface area contributed by atoms with Gasteiger partial charge in [0, 0.05) is 33.6 Å². The quantitative estimate of drug-likeness (QED) is 0.733. The third-order valence-corrected chi connectivity index (χ3v) is 4.87. The van der Waals surface area contributed by atoms with E-state index in [2.05, 4.69) is 15.9 Å². The molecule has 0 amide bonds. The third kappa shape index (κ3) is 2.54. The minimum Gasteiger partial charge on any atom is -0.487 e. The number of hydrogen-bond donors (Lipinski definition) is 0. The lowest BCUT2D eigenvalue weighted by Crippen LogP contribution is -2.52. The third-order valence-electron chi connectivity index (χ3n) is 3.65. The van der Waals surface area contributed by atoms with Crippen LogP contribution in [0.3, 0.4) is 0 Å². The van der Waals surface area contributed by atoms with Crippen LogP contribution in [0.2, 0.25) is 5.02 Å². The molecular weight excluding hydrogens is 340 g/mol. The maximum absolute atomic E-state index is 6.23. The zero-order chi connectivity index (χ0) is 14.1. The van der Waals surface area contributed by atoms with Gasteiger partial charge in [-0.05, 0) is 19.1 Å². The van der Waals surface area contributed by atoms with Gasteiger partial charge in [-0.3, -0.25) is 0 Å². The van der Waals surface area contributed by atoms with Crippen molar-refractivity contribution in [3.63, 3.8) is 0 Å². The van der Waals surface area contributed by atoms with Gasteiger partial charge in [0.2, 0.25) is 0 Å². The van der Waals surface area contributed by atoms with E-state index in [9.17, 15) is 0 Å². The monoisotopic (exact) mass is 354 g/mol. The van der Waals surface area contributed by atoms with Gasteiger partial charge in [-0.2, -0.15) is 0 Å². The first-order valence-corrected chi connectivity index (χ1v) is 8.09. The van der Waals surface area contributed by atoms with Crippen LogP contribution >= 0.6 is 27.5 Å². The standard InChI is InChI=1S/C16H16BrClO2/c1-2-19-16-12(17)9-15(16)20-14-8-7-13(18)10-5-3-4-6-11(10)14/h3-8,12,15-16H,2,9H2,1H3. The summed E-state index contributed by atoms with van der Waals surface area (Å²) in [6.07, 6.45) is 1.18. The molecule has 3 unspecified atom stereocenters. The fourth-order valence-electron chi connectivity index (χ4n) is 2.55. The van der Waals surface area contributed by atoms with Gasteiger partial charge < -0.3 is 9.47 Å². The SMILES string of the molecule is CCOC1C(Br)CC1Oc1ccc(Cl)c2ccccc12. The van der Waals surface area contributed by atoms with Gasteiger partial charge in [-0.1, -0.05) is 51.8 Å². The Morgan fingerprint density at radius 3 is 2.65 bits per heavy atom. The molecular formula is C16H16BrClO2. The second kappa shape index (κ2) is 5.92. The summed E-state index contributed by atoms with van der Waals surface area (Å²) in [4.78, 5) is 0.381. The van der Waals surface area contributed by atoms with Gasteiger partial charge >= 0.3 is 0 Å². The summed E-state index contributed by atoms with van der Waals surface area (Å²) in [5.74, 6) is 0.874. The van der Waals surface area contributed by atoms with Crippen LogP contribution in [0.15, 0.2) is 36.4 Å². The molecule has 1 aliphatic carbocycles. The molecule has 0 heterocycles. The molecule has 20 heavy (non-hydrogen) atoms. The second-order valence-corrected chi connectivity index (χ2v) is 6.50. The largest absolute Gasteiger partial charge is 0.487 e. The molecule has 0 bridgehead atoms. The summed E-state index contributed by atoms with van der Waals surface area (Å²) in [6, 6.07) is 11.9. The maximum Gasteiger partial charge on any atom is 0.127 e. The van der Waals surface area contributed by atoms with E-state index < -0.39 is 0 Å². The molecule has 0 radical (unpaired) electrons. The molecule has 3 atom stereocenters. The number of rotatable bonds is 4. The molecule has 2 nitrogen and oxygen atoms in total. The topological polar surface area (TPSA) is 18.5 Å². The maximum atomic E-state index is 6.23. The molecule has 0 aliphatic heterocycles. The Morgan fingerprint density at radius 2 is 1.95 bits per heavy atom. The van der Waals surface area contributed by atoms with Crippen molar-refractivity contribution < 1.29 is 9.47 Å². The van der Waals surface area contributed by atoms with Crippen molar-refractivity contribution in [1.29, 1.82) is 0 Å². The zero-order valence-corrected chi connectivity index (χ0v) is 13.5. The minimum atomic E-state index is 0.101. The Morgan fingerprint density at radius 1 is 1.20 bits per heavy atom. The first kappa shape index (κ1) is 14.2. The Kier molecular flexibility index (Phi) is 4.20. The molecule has 4 heteroatoms. The minimum absolute atomic E-state index is 0.101. The average molecular weight is 356 g/mol. The van der Waals surface area contributed by atoms with Crippen molar-refractivity contribution in [2.75, 3.05) is 6.61 Å². The molecule has 1 aliphatic rings. The lowest BCUT2D eigenvalue weighted by atomic mass is 9.91. The smallest absolute Gasteiger partial charge is 0.127 e. The molecule has 1 saturated carbocycles. The number of alkyl halides is 1. The predicted octanol–water partition coefficient (Wildman–Crippen LogP) is 4.81. The van der Waals surface area contributed by atoms with Gasteiger partial charge in [0.05, 0.1) is 0 Å². The first-order chi connectivity index (χ1) is 9.70. The highest BCUT2D eigenvalue weighted by molar-refractivity contribution is 9.09. The van der Waals surface area contributed by atoms with Crippen LogP contribution in [0.25, 0.3) is 10.8 Å². The van der Waals surface area contributed by atoms with E-state index in [1.54, 1.807) is 0 Å². The number of hydrogen-bond acceptors (Lipinski definition) is 2. The van der Waals surface area contributed by atoms with Crippen LogP contribution in [-0.2, 0) is 4.74 Å². The van der Waals surface area contributed by atoms with Crippen molar-refractivity contribution in [2.45, 2.75) is 30.4 Å². The molecule has 1 fully saturated rings. The normalized spacial score (nSPS) is 25.4. The van der Waals surface area contributed by atoms with Crippen molar-refractivity contribution in [3.05, 3.63) is 41.4 Å². The summed E-state index contributed by atoms with van der Waals surface area (Å²) in [5.41, 5.74) is 0. The van der Waals surface area contributed by atoms with Crippen molar-refractivity contribution >= 4 is 38.3 Å². The summed E-state index contributed by atoms with van der Waals surface area (Å²) in [5, 5.41) is 2.82. The van der Waals surface area contributed by atoms with Crippen LogP contribution in [0.4, 0.5) is 0 Å². The van der Waals surface area contributed by atoms with Gasteiger partial charge in [0.1, 0.15) is 18.0 Å². The molecule has 3 rings (SSSR count). The Balaban J connectivity index is 1.87. The molecule has 0 N–H and O–H groups in total. The highest BCUT2D eigenvalue weighted by Crippen LogP contribution is 2.37. The molecule has 2 aromatic rings. The van der Waals surface area contributed by atoms with E-state index in [1.807, 2.05) is 43.3 Å². The Hall–Kier alpha value is -0.770. The average Bonchev–Trinajstić information content (AvgIpc) is 2.47. The Bertz CT molecular complexity index is 616. The van der Waals surface area contributed by atoms with E-state index in [4.69, 9.17) is 21.1 Å². The van der Waals surface area contributed by atoms with Crippen molar-refractivity contribution in [1.82, 2.24) is 0 Å². The first-order valence-electron chi connectivity index (χ1n) is 6.80. The number of fused-ring (bicyclic) bond motifs is 1. The van der Waals surface area contributed by atoms with Gasteiger partial charge in [-0.15, -0.1) is 0 Å². The summed E-state index contributed by atoms with van der Waals surface area (Å²) < 4.78 is 11.9. The van der Waals surface area contributed by atoms with E-state index in [0.717, 1.165) is 28.0 Å². The van der Waals surface area contributed by atoms with Crippen LogP contribution in [0, 0.1) is 0 Å². The molecule has 2 aromatic carbocycles. The highest BCUT2D eigenvalue weighted by Gasteiger charge is 2.42. The van der Waals surface area contributed by atoms with E-state index in [1.165, 1.54) is 0 Å². The number of halogens is 2. The summed E-state index contributed by atoms with van der Waals surface area (Å²) >= 11 is 9.84.